The number of rotatable bonds is 4. The number of aryl methyl sites for hydroxylation is 1. The van der Waals surface area contributed by atoms with E-state index in [9.17, 15) is 4.79 Å². The van der Waals surface area contributed by atoms with Crippen LogP contribution in [-0.2, 0) is 4.74 Å². The van der Waals surface area contributed by atoms with Gasteiger partial charge >= 0.3 is 0 Å². The van der Waals surface area contributed by atoms with Crippen molar-refractivity contribution in [3.8, 4) is 0 Å². The van der Waals surface area contributed by atoms with Crippen molar-refractivity contribution in [3.05, 3.63) is 23.8 Å². The smallest absolute Gasteiger partial charge is 0.274 e. The molecule has 0 saturated carbocycles. The lowest BCUT2D eigenvalue weighted by molar-refractivity contribution is -0.132. The molecule has 1 aromatic heterocycles. The second-order valence-electron chi connectivity index (χ2n) is 9.74. The number of hydrogen-bond donors (Lipinski definition) is 0. The molecule has 1 amide bonds. The molecule has 3 aliphatic rings. The highest BCUT2D eigenvalue weighted by molar-refractivity contribution is 5.92. The molecule has 7 nitrogen and oxygen atoms in total. The van der Waals surface area contributed by atoms with E-state index in [1.807, 2.05) is 11.8 Å². The van der Waals surface area contributed by atoms with Crippen LogP contribution in [0.4, 0.5) is 0 Å². The normalized spacial score (nSPS) is 25.7. The van der Waals surface area contributed by atoms with Crippen LogP contribution in [0, 0.1) is 12.8 Å². The number of nitrogens with zero attached hydrogens (tertiary/aromatic N) is 5. The number of piperidine rings is 1. The first kappa shape index (κ1) is 21.7. The highest BCUT2D eigenvalue weighted by Gasteiger charge is 2.43. The zero-order chi connectivity index (χ0) is 21.1. The maximum absolute atomic E-state index is 12.8. The largest absolute Gasteiger partial charge is 0.375 e. The van der Waals surface area contributed by atoms with E-state index in [2.05, 4.69) is 33.6 Å². The first-order valence-corrected chi connectivity index (χ1v) is 11.6. The number of hydrogen-bond acceptors (Lipinski definition) is 6. The first-order valence-electron chi connectivity index (χ1n) is 11.6. The summed E-state index contributed by atoms with van der Waals surface area (Å²) < 4.78 is 6.35. The fraction of sp³-hybridized carbons (Fsp3) is 0.783. The molecule has 4 heterocycles. The zero-order valence-corrected chi connectivity index (χ0v) is 18.8. The monoisotopic (exact) mass is 415 g/mol. The van der Waals surface area contributed by atoms with Crippen molar-refractivity contribution in [2.24, 2.45) is 5.92 Å². The summed E-state index contributed by atoms with van der Waals surface area (Å²) in [6.07, 6.45) is 7.32. The van der Waals surface area contributed by atoms with Crippen LogP contribution in [0.2, 0.25) is 0 Å². The number of amides is 1. The van der Waals surface area contributed by atoms with E-state index in [4.69, 9.17) is 4.74 Å². The van der Waals surface area contributed by atoms with Gasteiger partial charge < -0.3 is 14.5 Å². The molecule has 4 rings (SSSR count). The van der Waals surface area contributed by atoms with Crippen LogP contribution in [0.5, 0.6) is 0 Å². The second kappa shape index (κ2) is 9.28. The van der Waals surface area contributed by atoms with Crippen LogP contribution < -0.4 is 0 Å². The summed E-state index contributed by atoms with van der Waals surface area (Å²) in [5.74, 6) is 0.729. The minimum absolute atomic E-state index is 0.00835. The van der Waals surface area contributed by atoms with Crippen LogP contribution >= 0.6 is 0 Å². The van der Waals surface area contributed by atoms with Gasteiger partial charge in [-0.2, -0.15) is 0 Å². The maximum atomic E-state index is 12.8. The van der Waals surface area contributed by atoms with E-state index in [-0.39, 0.29) is 11.5 Å². The molecule has 1 spiro atoms. The Morgan fingerprint density at radius 3 is 2.50 bits per heavy atom. The Bertz CT molecular complexity index is 707. The van der Waals surface area contributed by atoms with Gasteiger partial charge in [0.1, 0.15) is 5.69 Å². The van der Waals surface area contributed by atoms with E-state index in [0.717, 1.165) is 57.0 Å². The molecule has 1 unspecified atom stereocenters. The van der Waals surface area contributed by atoms with Crippen molar-refractivity contribution in [1.29, 1.82) is 0 Å². The van der Waals surface area contributed by atoms with E-state index in [1.54, 1.807) is 12.4 Å². The fourth-order valence-corrected chi connectivity index (χ4v) is 5.27. The lowest BCUT2D eigenvalue weighted by Crippen LogP contribution is -2.57. The van der Waals surface area contributed by atoms with Gasteiger partial charge in [0.15, 0.2) is 0 Å². The van der Waals surface area contributed by atoms with Gasteiger partial charge in [-0.05, 0) is 38.5 Å². The quantitative estimate of drug-likeness (QED) is 0.751. The molecule has 7 heteroatoms. The lowest BCUT2D eigenvalue weighted by Gasteiger charge is -2.49. The number of likely N-dealkylation sites (tertiary alicyclic amines) is 1. The van der Waals surface area contributed by atoms with Crippen molar-refractivity contribution < 1.29 is 9.53 Å². The molecule has 3 saturated heterocycles. The Hall–Kier alpha value is -1.57. The van der Waals surface area contributed by atoms with Crippen LogP contribution in [-0.4, -0.2) is 94.6 Å². The Labute approximate surface area is 180 Å². The van der Waals surface area contributed by atoms with Crippen molar-refractivity contribution in [1.82, 2.24) is 24.7 Å². The number of carbonyl (C=O) groups excluding carboxylic acids is 1. The minimum Gasteiger partial charge on any atom is -0.375 e. The Morgan fingerprint density at radius 1 is 1.13 bits per heavy atom. The molecule has 3 fully saturated rings. The van der Waals surface area contributed by atoms with Gasteiger partial charge in [0.05, 0.1) is 17.5 Å². The van der Waals surface area contributed by atoms with E-state index in [0.29, 0.717) is 11.7 Å². The summed E-state index contributed by atoms with van der Waals surface area (Å²) in [5, 5.41) is 0. The summed E-state index contributed by atoms with van der Waals surface area (Å²) >= 11 is 0. The minimum atomic E-state index is -0.0618. The molecule has 30 heavy (non-hydrogen) atoms. The number of aromatic nitrogens is 2. The number of ether oxygens (including phenoxy) is 1. The predicted octanol–water partition coefficient (Wildman–Crippen LogP) is 2.21. The number of piperazine rings is 1. The zero-order valence-electron chi connectivity index (χ0n) is 18.8. The van der Waals surface area contributed by atoms with Gasteiger partial charge in [0, 0.05) is 64.7 Å². The van der Waals surface area contributed by atoms with Gasteiger partial charge in [-0.15, -0.1) is 0 Å². The van der Waals surface area contributed by atoms with Crippen molar-refractivity contribution in [3.63, 3.8) is 0 Å². The van der Waals surface area contributed by atoms with Crippen LogP contribution in [0.3, 0.4) is 0 Å². The third kappa shape index (κ3) is 5.01. The van der Waals surface area contributed by atoms with E-state index < -0.39 is 0 Å². The summed E-state index contributed by atoms with van der Waals surface area (Å²) in [6, 6.07) is 0.616. The molecule has 0 radical (unpaired) electrons. The summed E-state index contributed by atoms with van der Waals surface area (Å²) in [6.45, 7) is 14.7. The molecule has 0 aliphatic carbocycles. The topological polar surface area (TPSA) is 61.8 Å². The second-order valence-corrected chi connectivity index (χ2v) is 9.74. The van der Waals surface area contributed by atoms with Crippen molar-refractivity contribution in [2.45, 2.75) is 58.1 Å². The molecule has 1 aromatic rings. The van der Waals surface area contributed by atoms with Gasteiger partial charge in [-0.3, -0.25) is 14.7 Å². The number of carbonyl (C=O) groups is 1. The molecule has 0 aromatic carbocycles. The lowest BCUT2D eigenvalue weighted by atomic mass is 9.81. The third-order valence-corrected chi connectivity index (χ3v) is 6.98. The van der Waals surface area contributed by atoms with Crippen LogP contribution in [0.1, 0.15) is 55.7 Å². The Balaban J connectivity index is 1.30. The average Bonchev–Trinajstić information content (AvgIpc) is 2.75. The first-order chi connectivity index (χ1) is 14.4. The molecular weight excluding hydrogens is 378 g/mol. The van der Waals surface area contributed by atoms with Gasteiger partial charge in [-0.1, -0.05) is 13.8 Å². The SMILES string of the molecule is Cc1cnc(C(=O)N2CCC3(CC2)CC(N2CCN(CC(C)C)CC2)CCO3)cn1. The highest BCUT2D eigenvalue weighted by atomic mass is 16.5. The average molecular weight is 416 g/mol. The highest BCUT2D eigenvalue weighted by Crippen LogP contribution is 2.37. The third-order valence-electron chi connectivity index (χ3n) is 6.98. The van der Waals surface area contributed by atoms with Crippen LogP contribution in [0.15, 0.2) is 12.4 Å². The van der Waals surface area contributed by atoms with E-state index >= 15 is 0 Å². The van der Waals surface area contributed by atoms with Gasteiger partial charge in [-0.25, -0.2) is 4.98 Å². The fourth-order valence-electron chi connectivity index (χ4n) is 5.27. The summed E-state index contributed by atoms with van der Waals surface area (Å²) in [4.78, 5) is 28.5. The van der Waals surface area contributed by atoms with E-state index in [1.165, 1.54) is 32.7 Å². The summed E-state index contributed by atoms with van der Waals surface area (Å²) in [7, 11) is 0. The summed E-state index contributed by atoms with van der Waals surface area (Å²) in [5.41, 5.74) is 1.21. The van der Waals surface area contributed by atoms with Crippen molar-refractivity contribution >= 4 is 5.91 Å². The van der Waals surface area contributed by atoms with Crippen molar-refractivity contribution in [2.75, 3.05) is 52.4 Å². The molecule has 0 bridgehead atoms. The Kier molecular flexibility index (Phi) is 6.70. The standard InChI is InChI=1S/C23H37N5O2/c1-18(2)17-26-9-11-27(12-10-26)20-4-13-30-23(14-20)5-7-28(8-6-23)22(29)21-16-24-19(3)15-25-21/h15-16,18,20H,4-14,17H2,1-3H3. The molecular formula is C23H37N5O2. The van der Waals surface area contributed by atoms with Gasteiger partial charge in [0.2, 0.25) is 0 Å². The molecule has 1 atom stereocenters. The molecule has 3 aliphatic heterocycles. The van der Waals surface area contributed by atoms with Crippen LogP contribution in [0.25, 0.3) is 0 Å². The maximum Gasteiger partial charge on any atom is 0.274 e. The molecule has 0 N–H and O–H groups in total. The molecule has 166 valence electrons. The van der Waals surface area contributed by atoms with Gasteiger partial charge in [0.25, 0.3) is 5.91 Å². The predicted molar refractivity (Wildman–Crippen MR) is 116 cm³/mol. The Morgan fingerprint density at radius 2 is 1.87 bits per heavy atom.